The van der Waals surface area contributed by atoms with E-state index in [2.05, 4.69) is 21.0 Å². The van der Waals surface area contributed by atoms with Crippen LogP contribution in [-0.2, 0) is 4.79 Å². The Balaban J connectivity index is 1.50. The van der Waals surface area contributed by atoms with Crippen molar-refractivity contribution in [3.63, 3.8) is 0 Å². The number of hydrogen-bond acceptors (Lipinski definition) is 6. The Morgan fingerprint density at radius 3 is 2.62 bits per heavy atom. The third-order valence-corrected chi connectivity index (χ3v) is 4.21. The second-order valence-electron chi connectivity index (χ2n) is 4.70. The van der Waals surface area contributed by atoms with Gasteiger partial charge in [0.05, 0.1) is 5.75 Å². The maximum absolute atomic E-state index is 11.8. The van der Waals surface area contributed by atoms with Crippen molar-refractivity contribution in [2.24, 2.45) is 0 Å². The molecule has 3 aromatic rings. The zero-order chi connectivity index (χ0) is 16.8. The van der Waals surface area contributed by atoms with Gasteiger partial charge in [-0.1, -0.05) is 35.0 Å². The van der Waals surface area contributed by atoms with E-state index in [-0.39, 0.29) is 17.7 Å². The SMILES string of the molecule is O=C(CSc1ccccc1)NNc1nc(-c2ccc(Cl)cc2)no1. The molecule has 122 valence electrons. The minimum Gasteiger partial charge on any atom is -0.313 e. The number of nitrogens with one attached hydrogen (secondary N) is 2. The van der Waals surface area contributed by atoms with Gasteiger partial charge in [0.2, 0.25) is 11.7 Å². The highest BCUT2D eigenvalue weighted by Gasteiger charge is 2.09. The molecule has 1 amide bonds. The highest BCUT2D eigenvalue weighted by Crippen LogP contribution is 2.20. The number of nitrogens with zero attached hydrogens (tertiary/aromatic N) is 2. The van der Waals surface area contributed by atoms with E-state index in [1.165, 1.54) is 11.8 Å². The van der Waals surface area contributed by atoms with Crippen LogP contribution in [0, 0.1) is 0 Å². The number of hydrazine groups is 1. The average molecular weight is 361 g/mol. The van der Waals surface area contributed by atoms with Gasteiger partial charge in [-0.25, -0.2) is 5.43 Å². The lowest BCUT2D eigenvalue weighted by Crippen LogP contribution is -2.30. The Kier molecular flexibility index (Phi) is 5.35. The summed E-state index contributed by atoms with van der Waals surface area (Å²) >= 11 is 7.27. The summed E-state index contributed by atoms with van der Waals surface area (Å²) in [4.78, 5) is 17.0. The number of amides is 1. The van der Waals surface area contributed by atoms with Gasteiger partial charge in [0.1, 0.15) is 0 Å². The van der Waals surface area contributed by atoms with Crippen LogP contribution in [0.2, 0.25) is 5.02 Å². The van der Waals surface area contributed by atoms with Gasteiger partial charge in [-0.2, -0.15) is 4.98 Å². The summed E-state index contributed by atoms with van der Waals surface area (Å²) in [5, 5.41) is 4.47. The first-order valence-electron chi connectivity index (χ1n) is 7.03. The van der Waals surface area contributed by atoms with E-state index in [1.807, 2.05) is 30.3 Å². The van der Waals surface area contributed by atoms with E-state index in [0.29, 0.717) is 10.8 Å². The maximum atomic E-state index is 11.8. The molecule has 0 aliphatic carbocycles. The fourth-order valence-corrected chi connectivity index (χ4v) is 2.66. The molecule has 0 atom stereocenters. The van der Waals surface area contributed by atoms with E-state index >= 15 is 0 Å². The van der Waals surface area contributed by atoms with Crippen molar-refractivity contribution in [1.29, 1.82) is 0 Å². The van der Waals surface area contributed by atoms with Gasteiger partial charge in [-0.3, -0.25) is 10.2 Å². The number of hydrogen-bond donors (Lipinski definition) is 2. The largest absolute Gasteiger partial charge is 0.340 e. The van der Waals surface area contributed by atoms with Gasteiger partial charge in [0, 0.05) is 15.5 Å². The molecule has 0 saturated carbocycles. The van der Waals surface area contributed by atoms with Crippen LogP contribution in [-0.4, -0.2) is 21.8 Å². The molecule has 0 radical (unpaired) electrons. The number of halogens is 1. The van der Waals surface area contributed by atoms with E-state index < -0.39 is 0 Å². The number of benzene rings is 2. The van der Waals surface area contributed by atoms with Crippen molar-refractivity contribution in [3.05, 3.63) is 59.6 Å². The minimum atomic E-state index is -0.199. The molecular weight excluding hydrogens is 348 g/mol. The molecule has 8 heteroatoms. The lowest BCUT2D eigenvalue weighted by atomic mass is 10.2. The van der Waals surface area contributed by atoms with Crippen molar-refractivity contribution in [1.82, 2.24) is 15.6 Å². The number of carbonyl (C=O) groups is 1. The number of carbonyl (C=O) groups excluding carboxylic acids is 1. The van der Waals surface area contributed by atoms with Gasteiger partial charge in [-0.15, -0.1) is 11.8 Å². The first-order chi connectivity index (χ1) is 11.7. The summed E-state index contributed by atoms with van der Waals surface area (Å²) in [6.45, 7) is 0. The molecule has 0 unspecified atom stereocenters. The minimum absolute atomic E-state index is 0.109. The fourth-order valence-electron chi connectivity index (χ4n) is 1.82. The average Bonchev–Trinajstić information content (AvgIpc) is 3.09. The van der Waals surface area contributed by atoms with Gasteiger partial charge < -0.3 is 4.52 Å². The van der Waals surface area contributed by atoms with Crippen molar-refractivity contribution in [3.8, 4) is 11.4 Å². The summed E-state index contributed by atoms with van der Waals surface area (Å²) in [5.74, 6) is 0.479. The van der Waals surface area contributed by atoms with Crippen LogP contribution in [0.15, 0.2) is 64.0 Å². The van der Waals surface area contributed by atoms with Crippen molar-refractivity contribution in [2.75, 3.05) is 11.2 Å². The van der Waals surface area contributed by atoms with Gasteiger partial charge in [0.25, 0.3) is 0 Å². The molecule has 0 saturated heterocycles. The lowest BCUT2D eigenvalue weighted by molar-refractivity contribution is -0.118. The van der Waals surface area contributed by atoms with Crippen LogP contribution in [0.4, 0.5) is 6.01 Å². The Labute approximate surface area is 147 Å². The Hall–Kier alpha value is -2.51. The van der Waals surface area contributed by atoms with Crippen molar-refractivity contribution in [2.45, 2.75) is 4.90 Å². The zero-order valence-electron chi connectivity index (χ0n) is 12.4. The standard InChI is InChI=1S/C16H13ClN4O2S/c17-12-8-6-11(7-9-12)15-18-16(23-21-15)20-19-14(22)10-24-13-4-2-1-3-5-13/h1-9H,10H2,(H,19,22)(H,18,20,21). The summed E-state index contributed by atoms with van der Waals surface area (Å²) in [7, 11) is 0. The van der Waals surface area contributed by atoms with E-state index in [4.69, 9.17) is 16.1 Å². The molecule has 0 spiro atoms. The number of aromatic nitrogens is 2. The summed E-state index contributed by atoms with van der Waals surface area (Å²) < 4.78 is 5.04. The topological polar surface area (TPSA) is 80.0 Å². The number of thioether (sulfide) groups is 1. The molecule has 6 nitrogen and oxygen atoms in total. The predicted octanol–water partition coefficient (Wildman–Crippen LogP) is 3.63. The second kappa shape index (κ2) is 7.85. The summed E-state index contributed by atoms with van der Waals surface area (Å²) in [6.07, 6.45) is 0. The molecule has 3 rings (SSSR count). The molecule has 0 aliphatic rings. The Morgan fingerprint density at radius 2 is 1.88 bits per heavy atom. The van der Waals surface area contributed by atoms with E-state index in [9.17, 15) is 4.79 Å². The Bertz CT molecular complexity index is 808. The predicted molar refractivity (Wildman–Crippen MR) is 93.7 cm³/mol. The molecule has 1 aromatic heterocycles. The third-order valence-electron chi connectivity index (χ3n) is 2.95. The highest BCUT2D eigenvalue weighted by atomic mass is 35.5. The van der Waals surface area contributed by atoms with E-state index in [0.717, 1.165) is 10.5 Å². The quantitative estimate of drug-likeness (QED) is 0.516. The van der Waals surface area contributed by atoms with Gasteiger partial charge >= 0.3 is 6.01 Å². The van der Waals surface area contributed by atoms with Crippen LogP contribution in [0.3, 0.4) is 0 Å². The lowest BCUT2D eigenvalue weighted by Gasteiger charge is -2.04. The molecule has 0 aliphatic heterocycles. The van der Waals surface area contributed by atoms with Crippen LogP contribution in [0.5, 0.6) is 0 Å². The first-order valence-corrected chi connectivity index (χ1v) is 8.39. The first kappa shape index (κ1) is 16.4. The summed E-state index contributed by atoms with van der Waals surface area (Å²) in [6, 6.07) is 16.8. The van der Waals surface area contributed by atoms with Crippen LogP contribution in [0.25, 0.3) is 11.4 Å². The third kappa shape index (κ3) is 4.50. The molecule has 24 heavy (non-hydrogen) atoms. The molecule has 2 aromatic carbocycles. The molecule has 0 fully saturated rings. The number of rotatable bonds is 6. The molecule has 2 N–H and O–H groups in total. The van der Waals surface area contributed by atoms with Crippen LogP contribution in [0.1, 0.15) is 0 Å². The maximum Gasteiger partial charge on any atom is 0.340 e. The normalized spacial score (nSPS) is 10.4. The molecular formula is C16H13ClN4O2S. The Morgan fingerprint density at radius 1 is 1.12 bits per heavy atom. The summed E-state index contributed by atoms with van der Waals surface area (Å²) in [5.41, 5.74) is 5.88. The van der Waals surface area contributed by atoms with Crippen LogP contribution < -0.4 is 10.9 Å². The highest BCUT2D eigenvalue weighted by molar-refractivity contribution is 8.00. The molecule has 0 bridgehead atoms. The van der Waals surface area contributed by atoms with Crippen molar-refractivity contribution >= 4 is 35.3 Å². The zero-order valence-corrected chi connectivity index (χ0v) is 14.0. The van der Waals surface area contributed by atoms with E-state index in [1.54, 1.807) is 24.3 Å². The monoisotopic (exact) mass is 360 g/mol. The van der Waals surface area contributed by atoms with Gasteiger partial charge in [0.15, 0.2) is 0 Å². The van der Waals surface area contributed by atoms with Crippen molar-refractivity contribution < 1.29 is 9.32 Å². The number of anilines is 1. The molecule has 1 heterocycles. The van der Waals surface area contributed by atoms with Crippen LogP contribution >= 0.6 is 23.4 Å². The second-order valence-corrected chi connectivity index (χ2v) is 6.19. The smallest absolute Gasteiger partial charge is 0.313 e. The fraction of sp³-hybridized carbons (Fsp3) is 0.0625. The van der Waals surface area contributed by atoms with Gasteiger partial charge in [-0.05, 0) is 36.4 Å².